The van der Waals surface area contributed by atoms with E-state index in [9.17, 15) is 10.1 Å². The third-order valence-corrected chi connectivity index (χ3v) is 5.98. The molecule has 156 valence electrons. The molecule has 1 saturated carbocycles. The lowest BCUT2D eigenvalue weighted by molar-refractivity contribution is -0.127. The Labute approximate surface area is 190 Å². The number of nitrogens with zero attached hydrogens (tertiary/aromatic N) is 3. The third kappa shape index (κ3) is 5.91. The summed E-state index contributed by atoms with van der Waals surface area (Å²) in [4.78, 5) is 19.1. The number of halogens is 2. The Hall–Kier alpha value is -2.20. The highest BCUT2D eigenvalue weighted by Crippen LogP contribution is 2.32. The summed E-state index contributed by atoms with van der Waals surface area (Å²) in [6.07, 6.45) is 6.90. The first-order valence-electron chi connectivity index (χ1n) is 9.83. The van der Waals surface area contributed by atoms with E-state index in [1.165, 1.54) is 0 Å². The number of rotatable bonds is 9. The fraction of sp³-hybridized carbons (Fsp3) is 0.348. The molecule has 7 heteroatoms. The Kier molecular flexibility index (Phi) is 8.03. The zero-order valence-corrected chi connectivity index (χ0v) is 19.1. The largest absolute Gasteiger partial charge is 0.385 e. The number of carbonyl (C=O) groups excluding carboxylic acids is 1. The number of benzene rings is 1. The Bertz CT molecular complexity index is 983. The van der Waals surface area contributed by atoms with E-state index in [2.05, 4.69) is 27.0 Å². The molecule has 0 aliphatic heterocycles. The maximum Gasteiger partial charge on any atom is 0.265 e. The van der Waals surface area contributed by atoms with Crippen LogP contribution in [0.4, 0.5) is 0 Å². The van der Waals surface area contributed by atoms with E-state index in [-0.39, 0.29) is 17.5 Å². The highest BCUT2D eigenvalue weighted by molar-refractivity contribution is 9.10. The minimum Gasteiger partial charge on any atom is -0.385 e. The lowest BCUT2D eigenvalue weighted by Gasteiger charge is -2.23. The summed E-state index contributed by atoms with van der Waals surface area (Å²) in [5.74, 6) is -0.281. The van der Waals surface area contributed by atoms with Crippen molar-refractivity contribution < 1.29 is 9.53 Å². The quantitative estimate of drug-likeness (QED) is 0.211. The van der Waals surface area contributed by atoms with Crippen LogP contribution in [0.15, 0.2) is 46.7 Å². The molecule has 3 rings (SSSR count). The van der Waals surface area contributed by atoms with Gasteiger partial charge in [-0.15, -0.1) is 0 Å². The molecular weight excluding hydrogens is 466 g/mol. The minimum absolute atomic E-state index is 0.0861. The number of hydrogen-bond acceptors (Lipinski definition) is 4. The fourth-order valence-corrected chi connectivity index (χ4v) is 3.76. The zero-order valence-electron chi connectivity index (χ0n) is 16.8. The van der Waals surface area contributed by atoms with Gasteiger partial charge in [0.1, 0.15) is 16.2 Å². The fourth-order valence-electron chi connectivity index (χ4n) is 3.22. The number of amides is 1. The van der Waals surface area contributed by atoms with Gasteiger partial charge in [-0.25, -0.2) is 4.98 Å². The van der Waals surface area contributed by atoms with Crippen LogP contribution in [0.2, 0.25) is 5.02 Å². The van der Waals surface area contributed by atoms with Gasteiger partial charge in [-0.05, 0) is 70.9 Å². The van der Waals surface area contributed by atoms with Crippen molar-refractivity contribution in [2.75, 3.05) is 13.7 Å². The molecule has 1 aromatic carbocycles. The van der Waals surface area contributed by atoms with E-state index in [1.54, 1.807) is 30.3 Å². The number of nitriles is 1. The van der Waals surface area contributed by atoms with Crippen molar-refractivity contribution in [3.8, 4) is 6.07 Å². The number of aryl methyl sites for hydroxylation is 1. The van der Waals surface area contributed by atoms with Crippen LogP contribution in [0, 0.1) is 11.3 Å². The SMILES string of the molecule is COCCCc1ccc(Cl)c(CN(C(=O)/C(C#N)=C/c2cccnc2Br)C2CC2)c1. The molecule has 0 saturated heterocycles. The number of ether oxygens (including phenoxy) is 1. The van der Waals surface area contributed by atoms with Crippen molar-refractivity contribution in [3.05, 3.63) is 68.4 Å². The molecule has 0 unspecified atom stereocenters. The summed E-state index contributed by atoms with van der Waals surface area (Å²) in [5.41, 5.74) is 2.83. The van der Waals surface area contributed by atoms with Gasteiger partial charge in [-0.2, -0.15) is 5.26 Å². The normalized spacial score (nSPS) is 13.7. The van der Waals surface area contributed by atoms with E-state index < -0.39 is 0 Å². The van der Waals surface area contributed by atoms with Gasteiger partial charge in [0.2, 0.25) is 0 Å². The second-order valence-electron chi connectivity index (χ2n) is 7.24. The molecule has 1 aromatic heterocycles. The lowest BCUT2D eigenvalue weighted by atomic mass is 10.1. The summed E-state index contributed by atoms with van der Waals surface area (Å²) in [5, 5.41) is 10.3. The second kappa shape index (κ2) is 10.7. The van der Waals surface area contributed by atoms with Crippen LogP contribution in [-0.2, 0) is 22.5 Å². The second-order valence-corrected chi connectivity index (χ2v) is 8.40. The van der Waals surface area contributed by atoms with Gasteiger partial charge in [0.25, 0.3) is 5.91 Å². The Morgan fingerprint density at radius 1 is 1.43 bits per heavy atom. The molecule has 1 aliphatic carbocycles. The maximum absolute atomic E-state index is 13.2. The Balaban J connectivity index is 1.82. The molecule has 0 atom stereocenters. The number of pyridine rings is 1. The standard InChI is InChI=1S/C23H23BrClN3O2/c1-30-11-3-4-16-6-9-21(25)19(12-16)15-28(20-7-8-20)23(29)18(14-26)13-17-5-2-10-27-22(17)24/h2,5-6,9-10,12-13,20H,3-4,7-8,11,15H2,1H3/b18-13+. The Morgan fingerprint density at radius 3 is 2.90 bits per heavy atom. The van der Waals surface area contributed by atoms with Gasteiger partial charge in [-0.1, -0.05) is 29.8 Å². The molecule has 30 heavy (non-hydrogen) atoms. The summed E-state index contributed by atoms with van der Waals surface area (Å²) in [6, 6.07) is 11.7. The molecule has 0 spiro atoms. The summed E-state index contributed by atoms with van der Waals surface area (Å²) < 4.78 is 5.72. The van der Waals surface area contributed by atoms with Gasteiger partial charge >= 0.3 is 0 Å². The first-order chi connectivity index (χ1) is 14.5. The van der Waals surface area contributed by atoms with Crippen molar-refractivity contribution in [1.82, 2.24) is 9.88 Å². The topological polar surface area (TPSA) is 66.2 Å². The molecule has 2 aromatic rings. The summed E-state index contributed by atoms with van der Waals surface area (Å²) in [6.45, 7) is 1.08. The number of hydrogen-bond donors (Lipinski definition) is 0. The zero-order chi connectivity index (χ0) is 21.5. The van der Waals surface area contributed by atoms with E-state index in [0.29, 0.717) is 28.3 Å². The molecule has 0 radical (unpaired) electrons. The number of aromatic nitrogens is 1. The van der Waals surface area contributed by atoms with Crippen molar-refractivity contribution in [2.45, 2.75) is 38.3 Å². The third-order valence-electron chi connectivity index (χ3n) is 4.95. The van der Waals surface area contributed by atoms with Gasteiger partial charge in [0.15, 0.2) is 0 Å². The van der Waals surface area contributed by atoms with Gasteiger partial charge in [0, 0.05) is 43.1 Å². The average molecular weight is 489 g/mol. The first kappa shape index (κ1) is 22.5. The molecule has 1 aliphatic rings. The number of methoxy groups -OCH3 is 1. The molecule has 1 fully saturated rings. The van der Waals surface area contributed by atoms with Crippen LogP contribution in [0.3, 0.4) is 0 Å². The summed E-state index contributed by atoms with van der Waals surface area (Å²) in [7, 11) is 1.69. The van der Waals surface area contributed by atoms with Gasteiger partial charge in [-0.3, -0.25) is 4.79 Å². The first-order valence-corrected chi connectivity index (χ1v) is 11.0. The van der Waals surface area contributed by atoms with Crippen molar-refractivity contribution in [1.29, 1.82) is 5.26 Å². The lowest BCUT2D eigenvalue weighted by Crippen LogP contribution is -2.33. The smallest absolute Gasteiger partial charge is 0.265 e. The summed E-state index contributed by atoms with van der Waals surface area (Å²) >= 11 is 9.80. The van der Waals surface area contributed by atoms with Crippen LogP contribution in [0.5, 0.6) is 0 Å². The molecule has 0 bridgehead atoms. The van der Waals surface area contributed by atoms with E-state index in [1.807, 2.05) is 24.3 Å². The molecule has 0 N–H and O–H groups in total. The highest BCUT2D eigenvalue weighted by atomic mass is 79.9. The van der Waals surface area contributed by atoms with E-state index in [4.69, 9.17) is 16.3 Å². The minimum atomic E-state index is -0.281. The van der Waals surface area contributed by atoms with Crippen molar-refractivity contribution >= 4 is 39.5 Å². The molecular formula is C23H23BrClN3O2. The van der Waals surface area contributed by atoms with Gasteiger partial charge in [0.05, 0.1) is 0 Å². The van der Waals surface area contributed by atoms with Crippen LogP contribution >= 0.6 is 27.5 Å². The molecule has 1 amide bonds. The van der Waals surface area contributed by atoms with Crippen molar-refractivity contribution in [3.63, 3.8) is 0 Å². The maximum atomic E-state index is 13.2. The van der Waals surface area contributed by atoms with E-state index >= 15 is 0 Å². The van der Waals surface area contributed by atoms with Crippen LogP contribution in [0.1, 0.15) is 36.0 Å². The Morgan fingerprint density at radius 2 is 2.23 bits per heavy atom. The predicted octanol–water partition coefficient (Wildman–Crippen LogP) is 5.17. The monoisotopic (exact) mass is 487 g/mol. The number of carbonyl (C=O) groups is 1. The highest BCUT2D eigenvalue weighted by Gasteiger charge is 2.34. The predicted molar refractivity (Wildman–Crippen MR) is 121 cm³/mol. The van der Waals surface area contributed by atoms with Gasteiger partial charge < -0.3 is 9.64 Å². The van der Waals surface area contributed by atoms with Crippen LogP contribution in [0.25, 0.3) is 6.08 Å². The van der Waals surface area contributed by atoms with Crippen LogP contribution in [-0.4, -0.2) is 35.5 Å². The van der Waals surface area contributed by atoms with E-state index in [0.717, 1.165) is 36.8 Å². The molecule has 5 nitrogen and oxygen atoms in total. The molecule has 1 heterocycles. The average Bonchev–Trinajstić information content (AvgIpc) is 3.58. The van der Waals surface area contributed by atoms with Crippen LogP contribution < -0.4 is 0 Å². The van der Waals surface area contributed by atoms with Crippen molar-refractivity contribution in [2.24, 2.45) is 0 Å².